The molecule has 2 aromatic rings. The third kappa shape index (κ3) is 1.29. The van der Waals surface area contributed by atoms with Crippen molar-refractivity contribution in [3.8, 4) is 0 Å². The van der Waals surface area contributed by atoms with Gasteiger partial charge in [0.2, 0.25) is 0 Å². The topological polar surface area (TPSA) is 50.7 Å². The predicted molar refractivity (Wildman–Crippen MR) is 62.6 cm³/mol. The molecule has 1 aliphatic rings. The fourth-order valence-corrected chi connectivity index (χ4v) is 2.29. The van der Waals surface area contributed by atoms with Crippen molar-refractivity contribution in [2.75, 3.05) is 0 Å². The highest BCUT2D eigenvalue weighted by Crippen LogP contribution is 2.33. The molecule has 2 heterocycles. The first kappa shape index (κ1) is 9.63. The number of fused-ring (bicyclic) bond motifs is 1. The minimum Gasteiger partial charge on any atom is -0.340 e. The second-order valence-corrected chi connectivity index (χ2v) is 4.73. The Morgan fingerprint density at radius 1 is 1.50 bits per heavy atom. The Hall–Kier alpha value is -1.58. The van der Waals surface area contributed by atoms with Crippen LogP contribution in [0.4, 0.5) is 0 Å². The Kier molecular flexibility index (Phi) is 1.93. The van der Waals surface area contributed by atoms with Crippen LogP contribution in [-0.2, 0) is 6.54 Å². The SMILES string of the molecule is Cc1c(C)n(CC2CC2)c2c(=O)[nH]ncc12. The number of hydrogen-bond acceptors (Lipinski definition) is 2. The van der Waals surface area contributed by atoms with Gasteiger partial charge in [-0.1, -0.05) is 0 Å². The van der Waals surface area contributed by atoms with E-state index >= 15 is 0 Å². The average molecular weight is 217 g/mol. The van der Waals surface area contributed by atoms with Gasteiger partial charge in [-0.15, -0.1) is 0 Å². The van der Waals surface area contributed by atoms with Crippen molar-refractivity contribution in [1.82, 2.24) is 14.8 Å². The first-order chi connectivity index (χ1) is 7.68. The van der Waals surface area contributed by atoms with Crippen molar-refractivity contribution in [3.05, 3.63) is 27.8 Å². The lowest BCUT2D eigenvalue weighted by Gasteiger charge is -2.05. The molecule has 1 N–H and O–H groups in total. The number of hydrogen-bond donors (Lipinski definition) is 1. The standard InChI is InChI=1S/C12H15N3O/c1-7-8(2)15(6-9-3-4-9)11-10(7)5-13-14-12(11)16/h5,9H,3-4,6H2,1-2H3,(H,14,16). The normalized spacial score (nSPS) is 15.9. The van der Waals surface area contributed by atoms with E-state index in [1.54, 1.807) is 6.20 Å². The highest BCUT2D eigenvalue weighted by molar-refractivity contribution is 5.83. The fraction of sp³-hybridized carbons (Fsp3) is 0.500. The predicted octanol–water partition coefficient (Wildman–Crippen LogP) is 1.75. The number of aromatic nitrogens is 3. The van der Waals surface area contributed by atoms with E-state index in [4.69, 9.17) is 0 Å². The summed E-state index contributed by atoms with van der Waals surface area (Å²) in [5, 5.41) is 7.38. The summed E-state index contributed by atoms with van der Waals surface area (Å²) in [6, 6.07) is 0. The van der Waals surface area contributed by atoms with E-state index in [0.717, 1.165) is 23.4 Å². The maximum atomic E-state index is 11.8. The molecular formula is C12H15N3O. The molecule has 0 unspecified atom stereocenters. The number of H-pyrrole nitrogens is 1. The molecule has 0 aliphatic heterocycles. The van der Waals surface area contributed by atoms with Gasteiger partial charge in [-0.3, -0.25) is 4.79 Å². The summed E-state index contributed by atoms with van der Waals surface area (Å²) in [6.07, 6.45) is 4.34. The van der Waals surface area contributed by atoms with E-state index in [0.29, 0.717) is 0 Å². The van der Waals surface area contributed by atoms with Crippen LogP contribution in [0.2, 0.25) is 0 Å². The van der Waals surface area contributed by atoms with Crippen molar-refractivity contribution in [2.24, 2.45) is 5.92 Å². The molecule has 1 saturated carbocycles. The number of nitrogens with one attached hydrogen (secondary N) is 1. The van der Waals surface area contributed by atoms with Crippen molar-refractivity contribution in [2.45, 2.75) is 33.2 Å². The molecule has 2 aromatic heterocycles. The Balaban J connectivity index is 2.31. The summed E-state index contributed by atoms with van der Waals surface area (Å²) in [4.78, 5) is 11.8. The third-order valence-electron chi connectivity index (χ3n) is 3.59. The third-order valence-corrected chi connectivity index (χ3v) is 3.59. The maximum Gasteiger partial charge on any atom is 0.288 e. The lowest BCUT2D eigenvalue weighted by molar-refractivity contribution is 0.629. The smallest absolute Gasteiger partial charge is 0.288 e. The monoisotopic (exact) mass is 217 g/mol. The van der Waals surface area contributed by atoms with Crippen LogP contribution >= 0.6 is 0 Å². The van der Waals surface area contributed by atoms with E-state index in [1.165, 1.54) is 24.1 Å². The molecule has 4 heteroatoms. The van der Waals surface area contributed by atoms with Crippen LogP contribution in [0.15, 0.2) is 11.0 Å². The molecule has 0 saturated heterocycles. The van der Waals surface area contributed by atoms with E-state index in [9.17, 15) is 4.79 Å². The molecule has 16 heavy (non-hydrogen) atoms. The number of nitrogens with zero attached hydrogens (tertiary/aromatic N) is 2. The largest absolute Gasteiger partial charge is 0.340 e. The Morgan fingerprint density at radius 3 is 2.94 bits per heavy atom. The van der Waals surface area contributed by atoms with E-state index in [2.05, 4.69) is 28.6 Å². The zero-order valence-corrected chi connectivity index (χ0v) is 9.58. The molecular weight excluding hydrogens is 202 g/mol. The second kappa shape index (κ2) is 3.20. The quantitative estimate of drug-likeness (QED) is 0.833. The minimum absolute atomic E-state index is 0.0747. The summed E-state index contributed by atoms with van der Waals surface area (Å²) in [5.41, 5.74) is 3.08. The average Bonchev–Trinajstić information content (AvgIpc) is 3.04. The van der Waals surface area contributed by atoms with Crippen LogP contribution < -0.4 is 5.56 Å². The van der Waals surface area contributed by atoms with Gasteiger partial charge in [-0.25, -0.2) is 5.10 Å². The van der Waals surface area contributed by atoms with Crippen LogP contribution in [0.25, 0.3) is 10.9 Å². The molecule has 1 aliphatic carbocycles. The van der Waals surface area contributed by atoms with Gasteiger partial charge in [-0.2, -0.15) is 5.10 Å². The number of rotatable bonds is 2. The highest BCUT2D eigenvalue weighted by atomic mass is 16.1. The van der Waals surface area contributed by atoms with Gasteiger partial charge in [0.25, 0.3) is 5.56 Å². The highest BCUT2D eigenvalue weighted by Gasteiger charge is 2.24. The van der Waals surface area contributed by atoms with Crippen LogP contribution in [0.1, 0.15) is 24.1 Å². The summed E-state index contributed by atoms with van der Waals surface area (Å²) in [7, 11) is 0. The van der Waals surface area contributed by atoms with Crippen LogP contribution in [0, 0.1) is 19.8 Å². The van der Waals surface area contributed by atoms with Gasteiger partial charge in [-0.05, 0) is 38.2 Å². The summed E-state index contributed by atoms with van der Waals surface area (Å²) in [5.74, 6) is 0.765. The molecule has 0 spiro atoms. The molecule has 84 valence electrons. The van der Waals surface area contributed by atoms with Gasteiger partial charge in [0.15, 0.2) is 0 Å². The zero-order chi connectivity index (χ0) is 11.3. The van der Waals surface area contributed by atoms with Crippen LogP contribution in [0.3, 0.4) is 0 Å². The molecule has 0 radical (unpaired) electrons. The maximum absolute atomic E-state index is 11.8. The lowest BCUT2D eigenvalue weighted by atomic mass is 10.2. The summed E-state index contributed by atoms with van der Waals surface area (Å²) < 4.78 is 2.16. The van der Waals surface area contributed by atoms with E-state index < -0.39 is 0 Å². The van der Waals surface area contributed by atoms with E-state index in [-0.39, 0.29) is 5.56 Å². The molecule has 0 bridgehead atoms. The van der Waals surface area contributed by atoms with Gasteiger partial charge >= 0.3 is 0 Å². The van der Waals surface area contributed by atoms with Crippen molar-refractivity contribution in [1.29, 1.82) is 0 Å². The minimum atomic E-state index is -0.0747. The molecule has 0 aromatic carbocycles. The first-order valence-corrected chi connectivity index (χ1v) is 5.71. The van der Waals surface area contributed by atoms with Crippen LogP contribution in [-0.4, -0.2) is 14.8 Å². The van der Waals surface area contributed by atoms with Gasteiger partial charge < -0.3 is 4.57 Å². The lowest BCUT2D eigenvalue weighted by Crippen LogP contribution is -2.13. The summed E-state index contributed by atoms with van der Waals surface area (Å²) in [6.45, 7) is 5.11. The van der Waals surface area contributed by atoms with Crippen molar-refractivity contribution in [3.63, 3.8) is 0 Å². The molecule has 0 atom stereocenters. The number of aryl methyl sites for hydroxylation is 1. The molecule has 0 amide bonds. The number of aromatic amines is 1. The van der Waals surface area contributed by atoms with Gasteiger partial charge in [0, 0.05) is 17.6 Å². The van der Waals surface area contributed by atoms with Gasteiger partial charge in [0.1, 0.15) is 5.52 Å². The Morgan fingerprint density at radius 2 is 2.25 bits per heavy atom. The Labute approximate surface area is 93.3 Å². The van der Waals surface area contributed by atoms with Crippen molar-refractivity contribution >= 4 is 10.9 Å². The van der Waals surface area contributed by atoms with Gasteiger partial charge in [0.05, 0.1) is 6.20 Å². The van der Waals surface area contributed by atoms with Crippen molar-refractivity contribution < 1.29 is 0 Å². The second-order valence-electron chi connectivity index (χ2n) is 4.73. The Bertz CT molecular complexity index is 604. The first-order valence-electron chi connectivity index (χ1n) is 5.71. The van der Waals surface area contributed by atoms with Crippen LogP contribution in [0.5, 0.6) is 0 Å². The fourth-order valence-electron chi connectivity index (χ4n) is 2.29. The summed E-state index contributed by atoms with van der Waals surface area (Å²) >= 11 is 0. The van der Waals surface area contributed by atoms with E-state index in [1.807, 2.05) is 0 Å². The zero-order valence-electron chi connectivity index (χ0n) is 9.58. The molecule has 1 fully saturated rings. The molecule has 3 rings (SSSR count). The molecule has 4 nitrogen and oxygen atoms in total.